The van der Waals surface area contributed by atoms with E-state index in [0.29, 0.717) is 5.75 Å². The molecule has 0 radical (unpaired) electrons. The third kappa shape index (κ3) is 2.51. The summed E-state index contributed by atoms with van der Waals surface area (Å²) in [6, 6.07) is 4.88. The van der Waals surface area contributed by atoms with Crippen molar-refractivity contribution in [1.82, 2.24) is 9.05 Å². The number of benzene rings is 1. The molecule has 6 nitrogen and oxygen atoms in total. The average Bonchev–Trinajstić information content (AvgIpc) is 2.74. The first-order chi connectivity index (χ1) is 8.20. The molecule has 0 amide bonds. The number of rotatable bonds is 3. The van der Waals surface area contributed by atoms with Gasteiger partial charge in [-0.15, -0.1) is 0 Å². The minimum absolute atomic E-state index is 0.0793. The Bertz CT molecular complexity index is 602. The van der Waals surface area contributed by atoms with Gasteiger partial charge in [0.15, 0.2) is 11.5 Å². The third-order valence-electron chi connectivity index (χ3n) is 2.04. The van der Waals surface area contributed by atoms with E-state index in [9.17, 15) is 5.11 Å². The van der Waals surface area contributed by atoms with Gasteiger partial charge in [-0.05, 0) is 23.8 Å². The molecule has 17 heavy (non-hydrogen) atoms. The van der Waals surface area contributed by atoms with Crippen LogP contribution in [0, 0.1) is 5.41 Å². The molecule has 0 unspecified atom stereocenters. The molecule has 0 aliphatic heterocycles. The molecule has 0 bridgehead atoms. The van der Waals surface area contributed by atoms with Crippen LogP contribution < -0.4 is 9.54 Å². The SMILES string of the molecule is COc1cc(C=Nn2cnsc2=N)ccc1O. The summed E-state index contributed by atoms with van der Waals surface area (Å²) in [6.07, 6.45) is 3.02. The van der Waals surface area contributed by atoms with Crippen molar-refractivity contribution in [3.63, 3.8) is 0 Å². The Labute approximate surface area is 101 Å². The van der Waals surface area contributed by atoms with Gasteiger partial charge in [0.25, 0.3) is 0 Å². The Balaban J connectivity index is 2.28. The van der Waals surface area contributed by atoms with Gasteiger partial charge in [0, 0.05) is 11.5 Å². The second-order valence-electron chi connectivity index (χ2n) is 3.14. The molecular formula is C10H10N4O2S. The Hall–Kier alpha value is -2.15. The number of phenols is 1. The van der Waals surface area contributed by atoms with Gasteiger partial charge in [0.2, 0.25) is 4.80 Å². The number of hydrogen-bond donors (Lipinski definition) is 2. The van der Waals surface area contributed by atoms with Crippen LogP contribution in [-0.2, 0) is 0 Å². The van der Waals surface area contributed by atoms with Crippen LogP contribution in [0.4, 0.5) is 0 Å². The predicted octanol–water partition coefficient (Wildman–Crippen LogP) is 1.02. The number of methoxy groups -OCH3 is 1. The molecule has 0 atom stereocenters. The van der Waals surface area contributed by atoms with Crippen LogP contribution in [0.3, 0.4) is 0 Å². The summed E-state index contributed by atoms with van der Waals surface area (Å²) in [5, 5.41) is 20.9. The van der Waals surface area contributed by atoms with E-state index in [0.717, 1.165) is 17.1 Å². The number of ether oxygens (including phenoxy) is 1. The van der Waals surface area contributed by atoms with Crippen molar-refractivity contribution in [2.75, 3.05) is 7.11 Å². The minimum Gasteiger partial charge on any atom is -0.504 e. The van der Waals surface area contributed by atoms with Gasteiger partial charge >= 0.3 is 0 Å². The summed E-state index contributed by atoms with van der Waals surface area (Å²) in [5.41, 5.74) is 0.762. The van der Waals surface area contributed by atoms with E-state index in [1.807, 2.05) is 0 Å². The highest BCUT2D eigenvalue weighted by Gasteiger charge is 2.00. The molecule has 2 aromatic rings. The molecule has 0 spiro atoms. The maximum absolute atomic E-state index is 9.42. The fraction of sp³-hybridized carbons (Fsp3) is 0.100. The van der Waals surface area contributed by atoms with Crippen LogP contribution in [-0.4, -0.2) is 27.5 Å². The molecule has 0 fully saturated rings. The molecule has 0 saturated carbocycles. The van der Waals surface area contributed by atoms with Gasteiger partial charge in [-0.25, -0.2) is 0 Å². The Morgan fingerprint density at radius 1 is 1.59 bits per heavy atom. The summed E-state index contributed by atoms with van der Waals surface area (Å²) in [7, 11) is 1.48. The molecule has 0 saturated heterocycles. The monoisotopic (exact) mass is 250 g/mol. The maximum atomic E-state index is 9.42. The highest BCUT2D eigenvalue weighted by Crippen LogP contribution is 2.25. The molecule has 2 N–H and O–H groups in total. The number of aromatic hydroxyl groups is 1. The zero-order chi connectivity index (χ0) is 12.3. The van der Waals surface area contributed by atoms with Crippen molar-refractivity contribution in [2.24, 2.45) is 5.10 Å². The van der Waals surface area contributed by atoms with Crippen molar-refractivity contribution in [3.8, 4) is 11.5 Å². The van der Waals surface area contributed by atoms with Crippen molar-refractivity contribution < 1.29 is 9.84 Å². The maximum Gasteiger partial charge on any atom is 0.222 e. The summed E-state index contributed by atoms with van der Waals surface area (Å²) in [4.78, 5) is 0.243. The van der Waals surface area contributed by atoms with Crippen LogP contribution >= 0.6 is 11.5 Å². The number of nitrogens with zero attached hydrogens (tertiary/aromatic N) is 3. The molecule has 7 heteroatoms. The first-order valence-electron chi connectivity index (χ1n) is 4.70. The van der Waals surface area contributed by atoms with E-state index in [4.69, 9.17) is 10.1 Å². The molecule has 88 valence electrons. The fourth-order valence-electron chi connectivity index (χ4n) is 1.20. The number of nitrogens with one attached hydrogen (secondary N) is 1. The largest absolute Gasteiger partial charge is 0.504 e. The first-order valence-corrected chi connectivity index (χ1v) is 5.47. The van der Waals surface area contributed by atoms with Gasteiger partial charge < -0.3 is 9.84 Å². The second kappa shape index (κ2) is 4.79. The van der Waals surface area contributed by atoms with Gasteiger partial charge in [-0.1, -0.05) is 0 Å². The molecule has 0 aliphatic carbocycles. The van der Waals surface area contributed by atoms with E-state index in [2.05, 4.69) is 9.47 Å². The number of phenolic OH excluding ortho intramolecular Hbond substituents is 1. The lowest BCUT2D eigenvalue weighted by Gasteiger charge is -2.03. The lowest BCUT2D eigenvalue weighted by atomic mass is 10.2. The van der Waals surface area contributed by atoms with E-state index in [1.165, 1.54) is 24.2 Å². The van der Waals surface area contributed by atoms with Crippen LogP contribution in [0.5, 0.6) is 11.5 Å². The quantitative estimate of drug-likeness (QED) is 0.798. The molecule has 0 aliphatic rings. The Morgan fingerprint density at radius 3 is 3.06 bits per heavy atom. The van der Waals surface area contributed by atoms with E-state index < -0.39 is 0 Å². The van der Waals surface area contributed by atoms with Gasteiger partial charge in [-0.2, -0.15) is 14.2 Å². The minimum atomic E-state index is 0.0793. The summed E-state index contributed by atoms with van der Waals surface area (Å²) < 4.78 is 10.2. The highest BCUT2D eigenvalue weighted by atomic mass is 32.1. The molecule has 1 heterocycles. The smallest absolute Gasteiger partial charge is 0.222 e. The Kier molecular flexibility index (Phi) is 3.20. The zero-order valence-electron chi connectivity index (χ0n) is 8.99. The number of hydrogen-bond acceptors (Lipinski definition) is 6. The molecule has 1 aromatic heterocycles. The summed E-state index contributed by atoms with van der Waals surface area (Å²) in [5.74, 6) is 0.462. The average molecular weight is 250 g/mol. The first kappa shape index (κ1) is 11.3. The molecule has 1 aromatic carbocycles. The zero-order valence-corrected chi connectivity index (χ0v) is 9.81. The fourth-order valence-corrected chi connectivity index (χ4v) is 1.61. The third-order valence-corrected chi connectivity index (χ3v) is 2.60. The molecular weight excluding hydrogens is 240 g/mol. The van der Waals surface area contributed by atoms with Crippen molar-refractivity contribution in [3.05, 3.63) is 34.9 Å². The highest BCUT2D eigenvalue weighted by molar-refractivity contribution is 7.02. The van der Waals surface area contributed by atoms with E-state index in [-0.39, 0.29) is 10.6 Å². The van der Waals surface area contributed by atoms with Crippen LogP contribution in [0.1, 0.15) is 5.56 Å². The molecule has 2 rings (SSSR count). The van der Waals surface area contributed by atoms with Crippen LogP contribution in [0.15, 0.2) is 29.6 Å². The van der Waals surface area contributed by atoms with E-state index in [1.54, 1.807) is 18.3 Å². The van der Waals surface area contributed by atoms with Gasteiger partial charge in [0.05, 0.1) is 13.3 Å². The Morgan fingerprint density at radius 2 is 2.41 bits per heavy atom. The van der Waals surface area contributed by atoms with Crippen molar-refractivity contribution in [1.29, 1.82) is 5.41 Å². The summed E-state index contributed by atoms with van der Waals surface area (Å²) in [6.45, 7) is 0. The topological polar surface area (TPSA) is 83.5 Å². The number of aromatic nitrogens is 2. The standard InChI is InChI=1S/C10H10N4O2S/c1-16-9-4-7(2-3-8(9)15)5-12-14-6-13-17-10(14)11/h2-6,11,15H,1H3. The van der Waals surface area contributed by atoms with E-state index >= 15 is 0 Å². The predicted molar refractivity (Wildman–Crippen MR) is 63.6 cm³/mol. The second-order valence-corrected chi connectivity index (χ2v) is 3.92. The van der Waals surface area contributed by atoms with Crippen molar-refractivity contribution in [2.45, 2.75) is 0 Å². The van der Waals surface area contributed by atoms with Gasteiger partial charge in [-0.3, -0.25) is 5.41 Å². The lowest BCUT2D eigenvalue weighted by Crippen LogP contribution is -2.06. The van der Waals surface area contributed by atoms with Crippen LogP contribution in [0.25, 0.3) is 0 Å². The summed E-state index contributed by atoms with van der Waals surface area (Å²) >= 11 is 1.05. The van der Waals surface area contributed by atoms with Crippen molar-refractivity contribution >= 4 is 17.7 Å². The lowest BCUT2D eigenvalue weighted by molar-refractivity contribution is 0.373. The van der Waals surface area contributed by atoms with Gasteiger partial charge in [0.1, 0.15) is 6.33 Å². The van der Waals surface area contributed by atoms with Crippen LogP contribution in [0.2, 0.25) is 0 Å². The normalized spacial score (nSPS) is 10.9.